The van der Waals surface area contributed by atoms with Crippen LogP contribution < -0.4 is 4.90 Å². The Kier molecular flexibility index (Phi) is 8.19. The summed E-state index contributed by atoms with van der Waals surface area (Å²) in [6.45, 7) is 0. The second-order valence-electron chi connectivity index (χ2n) is 14.9. The van der Waals surface area contributed by atoms with E-state index in [1.807, 2.05) is 0 Å². The smallest absolute Gasteiger partial charge is 0.0546 e. The van der Waals surface area contributed by atoms with Crippen LogP contribution in [0.15, 0.2) is 231 Å². The molecule has 0 aliphatic carbocycles. The van der Waals surface area contributed by atoms with Gasteiger partial charge in [-0.1, -0.05) is 182 Å². The molecule has 0 unspecified atom stereocenters. The van der Waals surface area contributed by atoms with Crippen molar-refractivity contribution in [3.8, 4) is 39.1 Å². The van der Waals surface area contributed by atoms with Crippen molar-refractivity contribution in [2.75, 3.05) is 4.90 Å². The first-order valence-electron chi connectivity index (χ1n) is 19.9. The van der Waals surface area contributed by atoms with Gasteiger partial charge < -0.3 is 9.47 Å². The molecule has 0 aliphatic heterocycles. The molecule has 0 bridgehead atoms. The van der Waals surface area contributed by atoms with Crippen LogP contribution in [0.5, 0.6) is 0 Å². The number of hydrogen-bond acceptors (Lipinski definition) is 1. The van der Waals surface area contributed by atoms with Crippen LogP contribution >= 0.6 is 0 Å². The van der Waals surface area contributed by atoms with E-state index >= 15 is 0 Å². The van der Waals surface area contributed by atoms with Crippen molar-refractivity contribution in [2.24, 2.45) is 0 Å². The molecule has 2 heteroatoms. The van der Waals surface area contributed by atoms with Gasteiger partial charge in [0.25, 0.3) is 0 Å². The number of para-hydroxylation sites is 2. The third kappa shape index (κ3) is 5.66. The number of benzene rings is 10. The SMILES string of the molecule is c1ccc(-c2ccccc2-c2c(-c3ccccc3)cccc2N(c2cccc(-n3c4ccccc4c4ccccc43)c2)c2ccc3c(ccc4ccccc43)c2)cc1. The van der Waals surface area contributed by atoms with Crippen LogP contribution in [0.2, 0.25) is 0 Å². The Labute approximate surface area is 338 Å². The lowest BCUT2D eigenvalue weighted by Crippen LogP contribution is -2.12. The first-order valence-corrected chi connectivity index (χ1v) is 19.9. The van der Waals surface area contributed by atoms with Gasteiger partial charge in [-0.05, 0) is 97.9 Å². The molecular weight excluding hydrogens is 701 g/mol. The average Bonchev–Trinajstić information content (AvgIpc) is 3.64. The third-order valence-electron chi connectivity index (χ3n) is 11.6. The summed E-state index contributed by atoms with van der Waals surface area (Å²) < 4.78 is 2.41. The Bertz CT molecular complexity index is 3230. The van der Waals surface area contributed by atoms with Crippen molar-refractivity contribution in [2.45, 2.75) is 0 Å². The van der Waals surface area contributed by atoms with E-state index in [-0.39, 0.29) is 0 Å². The Morgan fingerprint density at radius 2 is 0.845 bits per heavy atom. The Morgan fingerprint density at radius 3 is 1.59 bits per heavy atom. The number of fused-ring (bicyclic) bond motifs is 6. The molecule has 11 aromatic rings. The second kappa shape index (κ2) is 14.1. The number of hydrogen-bond donors (Lipinski definition) is 0. The molecule has 0 saturated heterocycles. The van der Waals surface area contributed by atoms with E-state index in [2.05, 4.69) is 240 Å². The molecule has 0 saturated carbocycles. The van der Waals surface area contributed by atoms with E-state index < -0.39 is 0 Å². The topological polar surface area (TPSA) is 8.17 Å². The van der Waals surface area contributed by atoms with Gasteiger partial charge in [0.1, 0.15) is 0 Å². The van der Waals surface area contributed by atoms with Crippen LogP contribution in [0, 0.1) is 0 Å². The molecule has 0 spiro atoms. The van der Waals surface area contributed by atoms with Gasteiger partial charge in [-0.3, -0.25) is 0 Å². The third-order valence-corrected chi connectivity index (χ3v) is 11.6. The van der Waals surface area contributed by atoms with E-state index in [4.69, 9.17) is 0 Å². The highest BCUT2D eigenvalue weighted by Gasteiger charge is 2.24. The normalized spacial score (nSPS) is 11.4. The Hall–Kier alpha value is -7.68. The van der Waals surface area contributed by atoms with Gasteiger partial charge in [0.2, 0.25) is 0 Å². The van der Waals surface area contributed by atoms with Crippen LogP contribution in [0.3, 0.4) is 0 Å². The molecule has 0 N–H and O–H groups in total. The van der Waals surface area contributed by atoms with Gasteiger partial charge in [-0.25, -0.2) is 0 Å². The fourth-order valence-electron chi connectivity index (χ4n) is 8.98. The summed E-state index contributed by atoms with van der Waals surface area (Å²) >= 11 is 0. The summed E-state index contributed by atoms with van der Waals surface area (Å²) in [6.07, 6.45) is 0. The molecule has 0 radical (unpaired) electrons. The first-order chi connectivity index (χ1) is 28.8. The highest BCUT2D eigenvalue weighted by Crippen LogP contribution is 2.49. The molecule has 11 rings (SSSR count). The van der Waals surface area contributed by atoms with Crippen molar-refractivity contribution in [1.82, 2.24) is 4.57 Å². The van der Waals surface area contributed by atoms with Gasteiger partial charge in [0, 0.05) is 33.4 Å². The van der Waals surface area contributed by atoms with E-state index in [0.717, 1.165) is 22.7 Å². The lowest BCUT2D eigenvalue weighted by molar-refractivity contribution is 1.17. The number of aromatic nitrogens is 1. The molecule has 1 heterocycles. The second-order valence-corrected chi connectivity index (χ2v) is 14.9. The van der Waals surface area contributed by atoms with E-state index in [0.29, 0.717) is 0 Å². The standard InChI is InChI=1S/C56H38N2/c1-3-17-39(18-4-1)47-25-9-10-28-52(47)56-49(40-19-5-2-6-20-40)29-16-32-55(56)57(45-35-36-48-42(37-45)34-33-41-21-7-8-24-46(41)48)43-22-15-23-44(38-43)58-53-30-13-11-26-50(53)51-27-12-14-31-54(51)58/h1-38H. The minimum Gasteiger partial charge on any atom is -0.310 e. The number of rotatable bonds is 7. The summed E-state index contributed by atoms with van der Waals surface area (Å²) in [4.78, 5) is 2.47. The average molecular weight is 739 g/mol. The largest absolute Gasteiger partial charge is 0.310 e. The predicted octanol–water partition coefficient (Wildman–Crippen LogP) is 15.6. The lowest BCUT2D eigenvalue weighted by Gasteiger charge is -2.30. The van der Waals surface area contributed by atoms with Gasteiger partial charge in [0.05, 0.1) is 16.7 Å². The summed E-state index contributed by atoms with van der Waals surface area (Å²) in [6, 6.07) is 83.9. The van der Waals surface area contributed by atoms with Gasteiger partial charge in [-0.15, -0.1) is 0 Å². The zero-order chi connectivity index (χ0) is 38.4. The predicted molar refractivity (Wildman–Crippen MR) is 247 cm³/mol. The molecular formula is C56H38N2. The van der Waals surface area contributed by atoms with Crippen molar-refractivity contribution in [3.63, 3.8) is 0 Å². The number of anilines is 3. The quantitative estimate of drug-likeness (QED) is 0.148. The van der Waals surface area contributed by atoms with Crippen LogP contribution in [-0.2, 0) is 0 Å². The molecule has 0 atom stereocenters. The molecule has 2 nitrogen and oxygen atoms in total. The summed E-state index contributed by atoms with van der Waals surface area (Å²) in [7, 11) is 0. The Balaban J connectivity index is 1.21. The molecule has 58 heavy (non-hydrogen) atoms. The van der Waals surface area contributed by atoms with Gasteiger partial charge >= 0.3 is 0 Å². The minimum absolute atomic E-state index is 1.07. The summed E-state index contributed by atoms with van der Waals surface area (Å²) in [5.41, 5.74) is 13.8. The first kappa shape index (κ1) is 33.6. The number of nitrogens with zero attached hydrogens (tertiary/aromatic N) is 2. The van der Waals surface area contributed by atoms with Crippen molar-refractivity contribution < 1.29 is 0 Å². The maximum atomic E-state index is 2.47. The van der Waals surface area contributed by atoms with Crippen molar-refractivity contribution >= 4 is 60.4 Å². The monoisotopic (exact) mass is 738 g/mol. The van der Waals surface area contributed by atoms with Crippen molar-refractivity contribution in [1.29, 1.82) is 0 Å². The van der Waals surface area contributed by atoms with Crippen molar-refractivity contribution in [3.05, 3.63) is 231 Å². The highest BCUT2D eigenvalue weighted by molar-refractivity contribution is 6.11. The zero-order valence-electron chi connectivity index (χ0n) is 31.8. The fraction of sp³-hybridized carbons (Fsp3) is 0. The van der Waals surface area contributed by atoms with Gasteiger partial charge in [0.15, 0.2) is 0 Å². The molecule has 0 aliphatic rings. The van der Waals surface area contributed by atoms with E-state index in [1.54, 1.807) is 0 Å². The zero-order valence-corrected chi connectivity index (χ0v) is 31.8. The molecule has 0 fully saturated rings. The van der Waals surface area contributed by atoms with Crippen LogP contribution in [0.25, 0.3) is 82.4 Å². The van der Waals surface area contributed by atoms with E-state index in [9.17, 15) is 0 Å². The fourth-order valence-corrected chi connectivity index (χ4v) is 8.98. The van der Waals surface area contributed by atoms with Crippen LogP contribution in [0.4, 0.5) is 17.1 Å². The minimum atomic E-state index is 1.07. The summed E-state index contributed by atoms with van der Waals surface area (Å²) in [5, 5.41) is 7.44. The van der Waals surface area contributed by atoms with Crippen LogP contribution in [-0.4, -0.2) is 4.57 Å². The maximum Gasteiger partial charge on any atom is 0.0546 e. The lowest BCUT2D eigenvalue weighted by atomic mass is 9.87. The highest BCUT2D eigenvalue weighted by atomic mass is 15.1. The molecule has 10 aromatic carbocycles. The van der Waals surface area contributed by atoms with Crippen LogP contribution in [0.1, 0.15) is 0 Å². The molecule has 0 amide bonds. The maximum absolute atomic E-state index is 2.47. The molecule has 1 aromatic heterocycles. The van der Waals surface area contributed by atoms with Gasteiger partial charge in [-0.2, -0.15) is 0 Å². The van der Waals surface area contributed by atoms with E-state index in [1.165, 1.54) is 76.7 Å². The molecule has 272 valence electrons. The summed E-state index contributed by atoms with van der Waals surface area (Å²) in [5.74, 6) is 0. The Morgan fingerprint density at radius 1 is 0.310 bits per heavy atom.